The van der Waals surface area contributed by atoms with Gasteiger partial charge in [-0.05, 0) is 17.5 Å². The molecular formula is C12H18N2O. The van der Waals surface area contributed by atoms with Crippen molar-refractivity contribution in [1.29, 1.82) is 0 Å². The first-order valence-corrected chi connectivity index (χ1v) is 4.98. The lowest BCUT2D eigenvalue weighted by Gasteiger charge is -2.26. The van der Waals surface area contributed by atoms with Crippen LogP contribution in [0, 0.1) is 5.41 Å². The van der Waals surface area contributed by atoms with Crippen LogP contribution < -0.4 is 5.73 Å². The first-order valence-electron chi connectivity index (χ1n) is 4.98. The maximum atomic E-state index is 9.80. The number of aliphatic hydroxyl groups is 1. The fourth-order valence-corrected chi connectivity index (χ4v) is 1.15. The molecule has 0 saturated heterocycles. The maximum Gasteiger partial charge on any atom is 0.112 e. The summed E-state index contributed by atoms with van der Waals surface area (Å²) in [6.07, 6.45) is 3.29. The summed E-state index contributed by atoms with van der Waals surface area (Å²) >= 11 is 0. The molecule has 0 aliphatic rings. The second kappa shape index (κ2) is 4.45. The molecule has 82 valence electrons. The zero-order valence-corrected chi connectivity index (χ0v) is 9.44. The molecule has 0 fully saturated rings. The summed E-state index contributed by atoms with van der Waals surface area (Å²) in [6.45, 7) is 5.96. The number of nitrogens with zero attached hydrogens (tertiary/aromatic N) is 1. The van der Waals surface area contributed by atoms with E-state index in [1.165, 1.54) is 0 Å². The van der Waals surface area contributed by atoms with E-state index in [1.54, 1.807) is 12.3 Å². The largest absolute Gasteiger partial charge is 0.511 e. The highest BCUT2D eigenvalue weighted by molar-refractivity contribution is 5.47. The van der Waals surface area contributed by atoms with E-state index < -0.39 is 0 Å². The standard InChI is InChI=1S/C12H18N2O/c1-12(2,3)11(13)10(15)8-9-6-4-5-7-14-9/h4-8,11,15H,13H2,1-3H3/b10-8-/t11-/m1/s1. The third-order valence-electron chi connectivity index (χ3n) is 2.24. The van der Waals surface area contributed by atoms with Gasteiger partial charge in [-0.25, -0.2) is 0 Å². The molecule has 0 aliphatic carbocycles. The Morgan fingerprint density at radius 1 is 1.47 bits per heavy atom. The summed E-state index contributed by atoms with van der Waals surface area (Å²) in [7, 11) is 0. The summed E-state index contributed by atoms with van der Waals surface area (Å²) in [5.41, 5.74) is 6.46. The minimum atomic E-state index is -0.375. The molecule has 3 nitrogen and oxygen atoms in total. The lowest BCUT2D eigenvalue weighted by molar-refractivity contribution is 0.266. The third kappa shape index (κ3) is 3.36. The number of hydrogen-bond acceptors (Lipinski definition) is 3. The fourth-order valence-electron chi connectivity index (χ4n) is 1.15. The number of hydrogen-bond donors (Lipinski definition) is 2. The number of aliphatic hydroxyl groups excluding tert-OH is 1. The lowest BCUT2D eigenvalue weighted by Crippen LogP contribution is -2.36. The van der Waals surface area contributed by atoms with E-state index in [1.807, 2.05) is 39.0 Å². The molecule has 0 unspecified atom stereocenters. The summed E-state index contributed by atoms with van der Waals surface area (Å²) < 4.78 is 0. The number of nitrogens with two attached hydrogens (primary N) is 1. The van der Waals surface area contributed by atoms with Crippen molar-refractivity contribution in [3.63, 3.8) is 0 Å². The van der Waals surface area contributed by atoms with Crippen molar-refractivity contribution in [2.24, 2.45) is 11.1 Å². The molecule has 1 aromatic rings. The van der Waals surface area contributed by atoms with Gasteiger partial charge in [-0.2, -0.15) is 0 Å². The fraction of sp³-hybridized carbons (Fsp3) is 0.417. The molecule has 1 rings (SSSR count). The predicted molar refractivity (Wildman–Crippen MR) is 62.3 cm³/mol. The second-order valence-electron chi connectivity index (χ2n) is 4.67. The van der Waals surface area contributed by atoms with Gasteiger partial charge in [0.2, 0.25) is 0 Å². The number of rotatable bonds is 2. The van der Waals surface area contributed by atoms with Gasteiger partial charge < -0.3 is 10.8 Å². The van der Waals surface area contributed by atoms with Gasteiger partial charge >= 0.3 is 0 Å². The molecular weight excluding hydrogens is 188 g/mol. The van der Waals surface area contributed by atoms with Crippen molar-refractivity contribution in [2.75, 3.05) is 0 Å². The Labute approximate surface area is 90.7 Å². The minimum absolute atomic E-state index is 0.157. The maximum absolute atomic E-state index is 9.80. The summed E-state index contributed by atoms with van der Waals surface area (Å²) in [6, 6.07) is 5.15. The smallest absolute Gasteiger partial charge is 0.112 e. The molecule has 0 radical (unpaired) electrons. The van der Waals surface area contributed by atoms with Crippen molar-refractivity contribution in [2.45, 2.75) is 26.8 Å². The molecule has 1 aromatic heterocycles. The summed E-state index contributed by atoms with van der Waals surface area (Å²) in [5.74, 6) is 0.168. The number of aromatic nitrogens is 1. The molecule has 0 saturated carbocycles. The van der Waals surface area contributed by atoms with Crippen LogP contribution in [0.25, 0.3) is 6.08 Å². The van der Waals surface area contributed by atoms with Gasteiger partial charge in [-0.1, -0.05) is 26.8 Å². The van der Waals surface area contributed by atoms with E-state index in [9.17, 15) is 5.11 Å². The van der Waals surface area contributed by atoms with Crippen molar-refractivity contribution < 1.29 is 5.11 Å². The molecule has 1 atom stereocenters. The zero-order valence-electron chi connectivity index (χ0n) is 9.44. The van der Waals surface area contributed by atoms with E-state index in [0.717, 1.165) is 5.69 Å². The van der Waals surface area contributed by atoms with Gasteiger partial charge in [-0.3, -0.25) is 4.98 Å². The van der Waals surface area contributed by atoms with E-state index in [0.29, 0.717) is 0 Å². The Morgan fingerprint density at radius 2 is 2.13 bits per heavy atom. The monoisotopic (exact) mass is 206 g/mol. The van der Waals surface area contributed by atoms with Crippen LogP contribution in [-0.4, -0.2) is 16.1 Å². The highest BCUT2D eigenvalue weighted by Crippen LogP contribution is 2.22. The van der Waals surface area contributed by atoms with E-state index in [4.69, 9.17) is 5.73 Å². The van der Waals surface area contributed by atoms with Crippen molar-refractivity contribution in [3.05, 3.63) is 35.8 Å². The van der Waals surface area contributed by atoms with Crippen molar-refractivity contribution >= 4 is 6.08 Å². The Kier molecular flexibility index (Phi) is 3.48. The topological polar surface area (TPSA) is 59.1 Å². The average Bonchev–Trinajstić information content (AvgIpc) is 2.16. The molecule has 0 bridgehead atoms. The highest BCUT2D eigenvalue weighted by atomic mass is 16.3. The van der Waals surface area contributed by atoms with Gasteiger partial charge in [0.15, 0.2) is 0 Å². The Morgan fingerprint density at radius 3 is 2.60 bits per heavy atom. The van der Waals surface area contributed by atoms with E-state index in [-0.39, 0.29) is 17.2 Å². The van der Waals surface area contributed by atoms with Gasteiger partial charge in [0.25, 0.3) is 0 Å². The zero-order chi connectivity index (χ0) is 11.5. The first kappa shape index (κ1) is 11.7. The molecule has 15 heavy (non-hydrogen) atoms. The molecule has 1 heterocycles. The van der Waals surface area contributed by atoms with Gasteiger partial charge in [0.1, 0.15) is 5.76 Å². The highest BCUT2D eigenvalue weighted by Gasteiger charge is 2.23. The van der Waals surface area contributed by atoms with Gasteiger partial charge in [-0.15, -0.1) is 0 Å². The summed E-state index contributed by atoms with van der Waals surface area (Å²) in [4.78, 5) is 4.09. The normalized spacial score (nSPS) is 15.1. The van der Waals surface area contributed by atoms with Gasteiger partial charge in [0, 0.05) is 12.3 Å². The van der Waals surface area contributed by atoms with Crippen molar-refractivity contribution in [1.82, 2.24) is 4.98 Å². The Hall–Kier alpha value is -1.35. The molecule has 0 aliphatic heterocycles. The summed E-state index contributed by atoms with van der Waals surface area (Å²) in [5, 5.41) is 9.80. The minimum Gasteiger partial charge on any atom is -0.511 e. The van der Waals surface area contributed by atoms with Crippen LogP contribution in [0.5, 0.6) is 0 Å². The van der Waals surface area contributed by atoms with Crippen LogP contribution in [0.15, 0.2) is 30.2 Å². The Balaban J connectivity index is 2.86. The first-order chi connectivity index (χ1) is 6.91. The molecule has 0 spiro atoms. The van der Waals surface area contributed by atoms with E-state index in [2.05, 4.69) is 4.98 Å². The van der Waals surface area contributed by atoms with Crippen LogP contribution in [0.1, 0.15) is 26.5 Å². The average molecular weight is 206 g/mol. The molecule has 3 N–H and O–H groups in total. The van der Waals surface area contributed by atoms with Crippen LogP contribution in [-0.2, 0) is 0 Å². The Bertz CT molecular complexity index is 338. The second-order valence-corrected chi connectivity index (χ2v) is 4.67. The van der Waals surface area contributed by atoms with E-state index >= 15 is 0 Å². The lowest BCUT2D eigenvalue weighted by atomic mass is 9.86. The third-order valence-corrected chi connectivity index (χ3v) is 2.24. The van der Waals surface area contributed by atoms with Crippen LogP contribution >= 0.6 is 0 Å². The van der Waals surface area contributed by atoms with Gasteiger partial charge in [0.05, 0.1) is 11.7 Å². The van der Waals surface area contributed by atoms with Crippen LogP contribution in [0.3, 0.4) is 0 Å². The van der Waals surface area contributed by atoms with Crippen molar-refractivity contribution in [3.8, 4) is 0 Å². The molecule has 0 aromatic carbocycles. The molecule has 0 amide bonds. The number of pyridine rings is 1. The SMILES string of the molecule is CC(C)(C)[C@H](N)/C(O)=C/c1ccccn1. The predicted octanol–water partition coefficient (Wildman–Crippen LogP) is 2.35. The van der Waals surface area contributed by atoms with Crippen LogP contribution in [0.2, 0.25) is 0 Å². The molecule has 3 heteroatoms. The quantitative estimate of drug-likeness (QED) is 0.730. The van der Waals surface area contributed by atoms with Crippen LogP contribution in [0.4, 0.5) is 0 Å².